The van der Waals surface area contributed by atoms with Crippen molar-refractivity contribution in [3.05, 3.63) is 58.1 Å². The molecule has 128 valence electrons. The molecule has 2 aromatic carbocycles. The van der Waals surface area contributed by atoms with E-state index in [-0.39, 0.29) is 12.5 Å². The molecular weight excluding hydrogens is 349 g/mol. The molecule has 0 fully saturated rings. The molecule has 4 nitrogen and oxygen atoms in total. The van der Waals surface area contributed by atoms with E-state index in [1.54, 1.807) is 37.3 Å². The van der Waals surface area contributed by atoms with Crippen LogP contribution in [0.15, 0.2) is 42.5 Å². The molecule has 0 aliphatic rings. The smallest absolute Gasteiger partial charge is 0.260 e. The molecule has 0 atom stereocenters. The Morgan fingerprint density at radius 2 is 1.83 bits per heavy atom. The molecule has 2 rings (SSSR count). The Kier molecular flexibility index (Phi) is 6.76. The molecule has 0 aliphatic carbocycles. The van der Waals surface area contributed by atoms with E-state index in [9.17, 15) is 4.79 Å². The highest BCUT2D eigenvalue weighted by molar-refractivity contribution is 6.34. The van der Waals surface area contributed by atoms with Gasteiger partial charge < -0.3 is 14.4 Å². The van der Waals surface area contributed by atoms with Gasteiger partial charge in [0.25, 0.3) is 5.91 Å². The fraction of sp³-hybridized carbons (Fsp3) is 0.278. The van der Waals surface area contributed by atoms with Crippen LogP contribution in [0.3, 0.4) is 0 Å². The first-order chi connectivity index (χ1) is 11.5. The predicted octanol–water partition coefficient (Wildman–Crippen LogP) is 4.08. The zero-order valence-corrected chi connectivity index (χ0v) is 15.1. The first-order valence-electron chi connectivity index (χ1n) is 7.44. The summed E-state index contributed by atoms with van der Waals surface area (Å²) in [7, 11) is 3.38. The van der Waals surface area contributed by atoms with Crippen LogP contribution in [0.1, 0.15) is 5.56 Å². The molecule has 0 aromatic heterocycles. The minimum atomic E-state index is -0.125. The maximum atomic E-state index is 12.1. The van der Waals surface area contributed by atoms with E-state index < -0.39 is 0 Å². The number of carbonyl (C=O) groups is 1. The largest absolute Gasteiger partial charge is 0.497 e. The van der Waals surface area contributed by atoms with E-state index in [0.29, 0.717) is 22.3 Å². The van der Waals surface area contributed by atoms with E-state index in [2.05, 4.69) is 0 Å². The van der Waals surface area contributed by atoms with Gasteiger partial charge in [0.15, 0.2) is 6.61 Å². The number of amides is 1. The highest BCUT2D eigenvalue weighted by Gasteiger charge is 2.11. The Balaban J connectivity index is 1.82. The summed E-state index contributed by atoms with van der Waals surface area (Å²) >= 11 is 11.9. The minimum Gasteiger partial charge on any atom is -0.497 e. The summed E-state index contributed by atoms with van der Waals surface area (Å²) in [5, 5.41) is 0.933. The van der Waals surface area contributed by atoms with Crippen molar-refractivity contribution >= 4 is 29.1 Å². The number of likely N-dealkylation sites (N-methyl/N-ethyl adjacent to an activating group) is 1. The van der Waals surface area contributed by atoms with Gasteiger partial charge in [-0.2, -0.15) is 0 Å². The van der Waals surface area contributed by atoms with Crippen molar-refractivity contribution < 1.29 is 14.3 Å². The van der Waals surface area contributed by atoms with E-state index in [1.165, 1.54) is 0 Å². The predicted molar refractivity (Wildman–Crippen MR) is 96.3 cm³/mol. The maximum Gasteiger partial charge on any atom is 0.260 e. The second-order valence-electron chi connectivity index (χ2n) is 5.28. The van der Waals surface area contributed by atoms with Crippen LogP contribution in [0.4, 0.5) is 0 Å². The molecule has 0 saturated heterocycles. The van der Waals surface area contributed by atoms with Gasteiger partial charge in [0, 0.05) is 24.7 Å². The van der Waals surface area contributed by atoms with Crippen LogP contribution in [0.2, 0.25) is 10.0 Å². The molecule has 2 aromatic rings. The lowest BCUT2D eigenvalue weighted by Gasteiger charge is -2.18. The van der Waals surface area contributed by atoms with Crippen LogP contribution in [-0.4, -0.2) is 38.1 Å². The van der Waals surface area contributed by atoms with Gasteiger partial charge in [-0.25, -0.2) is 0 Å². The van der Waals surface area contributed by atoms with Gasteiger partial charge in [-0.15, -0.1) is 0 Å². The number of rotatable bonds is 7. The molecule has 1 amide bonds. The van der Waals surface area contributed by atoms with E-state index in [0.717, 1.165) is 17.7 Å². The molecule has 24 heavy (non-hydrogen) atoms. The Bertz CT molecular complexity index is 689. The fourth-order valence-corrected chi connectivity index (χ4v) is 2.39. The third-order valence-electron chi connectivity index (χ3n) is 3.57. The normalized spacial score (nSPS) is 10.3. The summed E-state index contributed by atoms with van der Waals surface area (Å²) in [6.45, 7) is 0.511. The molecule has 6 heteroatoms. The number of hydrogen-bond donors (Lipinski definition) is 0. The van der Waals surface area contributed by atoms with Crippen LogP contribution in [-0.2, 0) is 11.2 Å². The Morgan fingerprint density at radius 3 is 2.50 bits per heavy atom. The van der Waals surface area contributed by atoms with Crippen molar-refractivity contribution in [1.29, 1.82) is 0 Å². The third-order valence-corrected chi connectivity index (χ3v) is 4.11. The van der Waals surface area contributed by atoms with Gasteiger partial charge in [0.2, 0.25) is 0 Å². The van der Waals surface area contributed by atoms with E-state index in [4.69, 9.17) is 32.7 Å². The number of nitrogens with zero attached hydrogens (tertiary/aromatic N) is 1. The molecule has 0 unspecified atom stereocenters. The second kappa shape index (κ2) is 8.81. The molecule has 0 N–H and O–H groups in total. The van der Waals surface area contributed by atoms with Crippen molar-refractivity contribution in [1.82, 2.24) is 4.90 Å². The quantitative estimate of drug-likeness (QED) is 0.739. The summed E-state index contributed by atoms with van der Waals surface area (Å²) in [4.78, 5) is 13.8. The average Bonchev–Trinajstić information content (AvgIpc) is 2.60. The Hall–Kier alpha value is -1.91. The molecule has 0 spiro atoms. The van der Waals surface area contributed by atoms with Gasteiger partial charge in [-0.1, -0.05) is 35.3 Å². The molecular formula is C18H19Cl2NO3. The first kappa shape index (κ1) is 18.4. The number of methoxy groups -OCH3 is 1. The number of benzene rings is 2. The van der Waals surface area contributed by atoms with E-state index >= 15 is 0 Å². The minimum absolute atomic E-state index is 0.0842. The van der Waals surface area contributed by atoms with E-state index in [1.807, 2.05) is 24.3 Å². The summed E-state index contributed by atoms with van der Waals surface area (Å²) in [5.74, 6) is 1.09. The number of carbonyl (C=O) groups excluding carboxylic acids is 1. The fourth-order valence-electron chi connectivity index (χ4n) is 2.05. The van der Waals surface area contributed by atoms with Crippen molar-refractivity contribution in [3.63, 3.8) is 0 Å². The standard InChI is InChI=1S/C18H19Cl2NO3/c1-21(10-9-13-3-6-15(23-2)7-4-13)18(22)12-24-17-11-14(19)5-8-16(17)20/h3-8,11H,9-10,12H2,1-2H3. The second-order valence-corrected chi connectivity index (χ2v) is 6.12. The lowest BCUT2D eigenvalue weighted by Crippen LogP contribution is -2.33. The topological polar surface area (TPSA) is 38.8 Å². The number of hydrogen-bond acceptors (Lipinski definition) is 3. The highest BCUT2D eigenvalue weighted by Crippen LogP contribution is 2.27. The summed E-state index contributed by atoms with van der Waals surface area (Å²) < 4.78 is 10.6. The molecule has 0 saturated carbocycles. The van der Waals surface area contributed by atoms with Crippen LogP contribution in [0, 0.1) is 0 Å². The SMILES string of the molecule is COc1ccc(CCN(C)C(=O)COc2cc(Cl)ccc2Cl)cc1. The molecule has 0 radical (unpaired) electrons. The van der Waals surface area contributed by atoms with Gasteiger partial charge >= 0.3 is 0 Å². The third kappa shape index (κ3) is 5.32. The van der Waals surface area contributed by atoms with Crippen LogP contribution < -0.4 is 9.47 Å². The lowest BCUT2D eigenvalue weighted by molar-refractivity contribution is -0.132. The summed E-state index contributed by atoms with van der Waals surface area (Å²) in [6.07, 6.45) is 0.754. The van der Waals surface area contributed by atoms with Crippen molar-refractivity contribution in [2.24, 2.45) is 0 Å². The Morgan fingerprint density at radius 1 is 1.12 bits per heavy atom. The Labute approximate surface area is 151 Å². The van der Waals surface area contributed by atoms with Gasteiger partial charge in [-0.3, -0.25) is 4.79 Å². The monoisotopic (exact) mass is 367 g/mol. The van der Waals surface area contributed by atoms with Crippen LogP contribution in [0.25, 0.3) is 0 Å². The zero-order chi connectivity index (χ0) is 17.5. The summed E-state index contributed by atoms with van der Waals surface area (Å²) in [6, 6.07) is 12.7. The first-order valence-corrected chi connectivity index (χ1v) is 8.20. The van der Waals surface area contributed by atoms with Crippen LogP contribution in [0.5, 0.6) is 11.5 Å². The maximum absolute atomic E-state index is 12.1. The molecule has 0 heterocycles. The van der Waals surface area contributed by atoms with Crippen molar-refractivity contribution in [3.8, 4) is 11.5 Å². The molecule has 0 bridgehead atoms. The number of halogens is 2. The zero-order valence-electron chi connectivity index (χ0n) is 13.6. The van der Waals surface area contributed by atoms with Gasteiger partial charge in [0.05, 0.1) is 12.1 Å². The van der Waals surface area contributed by atoms with Crippen molar-refractivity contribution in [2.45, 2.75) is 6.42 Å². The van der Waals surface area contributed by atoms with Gasteiger partial charge in [0.1, 0.15) is 11.5 Å². The summed E-state index contributed by atoms with van der Waals surface area (Å²) in [5.41, 5.74) is 1.13. The lowest BCUT2D eigenvalue weighted by atomic mass is 10.1. The van der Waals surface area contributed by atoms with Crippen LogP contribution >= 0.6 is 23.2 Å². The average molecular weight is 368 g/mol. The van der Waals surface area contributed by atoms with Crippen molar-refractivity contribution in [2.75, 3.05) is 27.3 Å². The molecule has 0 aliphatic heterocycles. The highest BCUT2D eigenvalue weighted by atomic mass is 35.5. The van der Waals surface area contributed by atoms with Gasteiger partial charge in [-0.05, 0) is 36.2 Å². The number of ether oxygens (including phenoxy) is 2.